The molecule has 0 saturated carbocycles. The minimum Gasteiger partial charge on any atom is -0.381 e. The minimum atomic E-state index is 0.941. The summed E-state index contributed by atoms with van der Waals surface area (Å²) in [5.74, 6) is 0. The molecular weight excluding hydrogens is 186 g/mol. The number of hydrogen-bond acceptors (Lipinski definition) is 2. The van der Waals surface area contributed by atoms with E-state index in [4.69, 9.17) is 4.74 Å². The van der Waals surface area contributed by atoms with Crippen LogP contribution in [0.25, 0.3) is 0 Å². The van der Waals surface area contributed by atoms with Gasteiger partial charge in [0.15, 0.2) is 0 Å². The Kier molecular flexibility index (Phi) is 13.8. The van der Waals surface area contributed by atoms with E-state index in [-0.39, 0.29) is 0 Å². The van der Waals surface area contributed by atoms with Crippen LogP contribution in [0.3, 0.4) is 0 Å². The van der Waals surface area contributed by atoms with Gasteiger partial charge in [0, 0.05) is 13.2 Å². The molecule has 0 spiro atoms. The maximum atomic E-state index is 5.56. The lowest BCUT2D eigenvalue weighted by Gasteiger charge is -2.04. The van der Waals surface area contributed by atoms with Gasteiger partial charge in [-0.2, -0.15) is 0 Å². The lowest BCUT2D eigenvalue weighted by molar-refractivity contribution is 0.126. The van der Waals surface area contributed by atoms with Gasteiger partial charge < -0.3 is 10.1 Å². The van der Waals surface area contributed by atoms with Crippen LogP contribution in [-0.2, 0) is 4.74 Å². The van der Waals surface area contributed by atoms with Gasteiger partial charge in [0.2, 0.25) is 0 Å². The highest BCUT2D eigenvalue weighted by atomic mass is 16.5. The summed E-state index contributed by atoms with van der Waals surface area (Å²) in [5.41, 5.74) is 0. The molecule has 0 aliphatic rings. The van der Waals surface area contributed by atoms with Gasteiger partial charge in [-0.25, -0.2) is 0 Å². The number of nitrogens with one attached hydrogen (secondary N) is 1. The summed E-state index contributed by atoms with van der Waals surface area (Å²) in [6.45, 7) is 5.27. The van der Waals surface area contributed by atoms with Crippen LogP contribution < -0.4 is 5.32 Å². The quantitative estimate of drug-likeness (QED) is 0.504. The van der Waals surface area contributed by atoms with E-state index in [2.05, 4.69) is 12.2 Å². The Morgan fingerprint density at radius 2 is 1.40 bits per heavy atom. The van der Waals surface area contributed by atoms with E-state index in [9.17, 15) is 0 Å². The zero-order valence-corrected chi connectivity index (χ0v) is 10.7. The molecule has 0 unspecified atom stereocenters. The largest absolute Gasteiger partial charge is 0.381 e. The molecule has 92 valence electrons. The predicted octanol–water partition coefficient (Wildman–Crippen LogP) is 3.36. The standard InChI is InChI=1S/C13H29NO/c1-3-4-5-6-7-9-12-15-13-10-8-11-14-2/h14H,3-13H2,1-2H3. The van der Waals surface area contributed by atoms with Gasteiger partial charge >= 0.3 is 0 Å². The molecule has 15 heavy (non-hydrogen) atoms. The average Bonchev–Trinajstić information content (AvgIpc) is 2.26. The van der Waals surface area contributed by atoms with Gasteiger partial charge in [-0.3, -0.25) is 0 Å². The summed E-state index contributed by atoms with van der Waals surface area (Å²) in [5, 5.41) is 3.14. The second-order valence-corrected chi connectivity index (χ2v) is 4.19. The monoisotopic (exact) mass is 215 g/mol. The van der Waals surface area contributed by atoms with E-state index in [1.54, 1.807) is 0 Å². The first kappa shape index (κ1) is 14.9. The number of hydrogen-bond donors (Lipinski definition) is 1. The molecule has 0 fully saturated rings. The topological polar surface area (TPSA) is 21.3 Å². The van der Waals surface area contributed by atoms with Crippen molar-refractivity contribution in [3.63, 3.8) is 0 Å². The van der Waals surface area contributed by atoms with Crippen LogP contribution in [0, 0.1) is 0 Å². The van der Waals surface area contributed by atoms with Crippen molar-refractivity contribution in [3.8, 4) is 0 Å². The van der Waals surface area contributed by atoms with Crippen molar-refractivity contribution in [2.75, 3.05) is 26.8 Å². The summed E-state index contributed by atoms with van der Waals surface area (Å²) in [4.78, 5) is 0. The van der Waals surface area contributed by atoms with Gasteiger partial charge in [-0.05, 0) is 32.9 Å². The Balaban J connectivity index is 2.81. The fraction of sp³-hybridized carbons (Fsp3) is 1.00. The lowest BCUT2D eigenvalue weighted by atomic mass is 10.1. The highest BCUT2D eigenvalue weighted by molar-refractivity contribution is 4.45. The molecule has 0 aromatic rings. The van der Waals surface area contributed by atoms with Crippen molar-refractivity contribution in [2.45, 2.75) is 58.3 Å². The lowest BCUT2D eigenvalue weighted by Crippen LogP contribution is -2.08. The number of rotatable bonds is 12. The van der Waals surface area contributed by atoms with E-state index in [0.717, 1.165) is 19.8 Å². The fourth-order valence-electron chi connectivity index (χ4n) is 1.59. The summed E-state index contributed by atoms with van der Waals surface area (Å²) >= 11 is 0. The van der Waals surface area contributed by atoms with Crippen LogP contribution in [0.5, 0.6) is 0 Å². The third-order valence-electron chi connectivity index (χ3n) is 2.61. The van der Waals surface area contributed by atoms with Crippen LogP contribution in [0.1, 0.15) is 58.3 Å². The summed E-state index contributed by atoms with van der Waals surface area (Å²) in [6, 6.07) is 0. The smallest absolute Gasteiger partial charge is 0.0466 e. The molecule has 1 N–H and O–H groups in total. The minimum absolute atomic E-state index is 0.941. The van der Waals surface area contributed by atoms with E-state index in [1.165, 1.54) is 51.4 Å². The summed E-state index contributed by atoms with van der Waals surface area (Å²) in [6.07, 6.45) is 10.5. The van der Waals surface area contributed by atoms with Gasteiger partial charge in [0.1, 0.15) is 0 Å². The predicted molar refractivity (Wildman–Crippen MR) is 67.4 cm³/mol. The van der Waals surface area contributed by atoms with Crippen molar-refractivity contribution in [1.82, 2.24) is 5.32 Å². The van der Waals surface area contributed by atoms with Gasteiger partial charge in [-0.15, -0.1) is 0 Å². The van der Waals surface area contributed by atoms with Gasteiger partial charge in [0.25, 0.3) is 0 Å². The van der Waals surface area contributed by atoms with Crippen molar-refractivity contribution in [3.05, 3.63) is 0 Å². The van der Waals surface area contributed by atoms with Crippen molar-refractivity contribution in [1.29, 1.82) is 0 Å². The first-order valence-electron chi connectivity index (χ1n) is 6.64. The van der Waals surface area contributed by atoms with Crippen molar-refractivity contribution >= 4 is 0 Å². The SMILES string of the molecule is CCCCCCCCOCCCCNC. The number of ether oxygens (including phenoxy) is 1. The highest BCUT2D eigenvalue weighted by Crippen LogP contribution is 2.04. The van der Waals surface area contributed by atoms with Crippen LogP contribution in [0.2, 0.25) is 0 Å². The molecule has 0 saturated heterocycles. The third kappa shape index (κ3) is 13.9. The Morgan fingerprint density at radius 3 is 2.07 bits per heavy atom. The molecule has 0 atom stereocenters. The molecule has 0 aliphatic heterocycles. The molecule has 0 rings (SSSR count). The second kappa shape index (κ2) is 13.9. The maximum Gasteiger partial charge on any atom is 0.0466 e. The van der Waals surface area contributed by atoms with Crippen LogP contribution in [0.4, 0.5) is 0 Å². The van der Waals surface area contributed by atoms with Crippen LogP contribution in [0.15, 0.2) is 0 Å². The molecule has 0 bridgehead atoms. The molecule has 0 radical (unpaired) electrons. The van der Waals surface area contributed by atoms with Crippen molar-refractivity contribution < 1.29 is 4.74 Å². The highest BCUT2D eigenvalue weighted by Gasteiger charge is 1.91. The van der Waals surface area contributed by atoms with E-state index in [1.807, 2.05) is 7.05 Å². The van der Waals surface area contributed by atoms with E-state index >= 15 is 0 Å². The fourth-order valence-corrected chi connectivity index (χ4v) is 1.59. The molecule has 2 nitrogen and oxygen atoms in total. The second-order valence-electron chi connectivity index (χ2n) is 4.19. The summed E-state index contributed by atoms with van der Waals surface area (Å²) < 4.78 is 5.56. The Bertz CT molecular complexity index is 94.7. The third-order valence-corrected chi connectivity index (χ3v) is 2.61. The zero-order chi connectivity index (χ0) is 11.2. The zero-order valence-electron chi connectivity index (χ0n) is 10.7. The van der Waals surface area contributed by atoms with E-state index in [0.29, 0.717) is 0 Å². The molecular formula is C13H29NO. The normalized spacial score (nSPS) is 10.8. The van der Waals surface area contributed by atoms with Crippen LogP contribution >= 0.6 is 0 Å². The first-order valence-corrected chi connectivity index (χ1v) is 6.64. The van der Waals surface area contributed by atoms with E-state index < -0.39 is 0 Å². The van der Waals surface area contributed by atoms with Gasteiger partial charge in [-0.1, -0.05) is 39.0 Å². The van der Waals surface area contributed by atoms with Crippen molar-refractivity contribution in [2.24, 2.45) is 0 Å². The summed E-state index contributed by atoms with van der Waals surface area (Å²) in [7, 11) is 2.00. The Hall–Kier alpha value is -0.0800. The molecule has 2 heteroatoms. The Labute approximate surface area is 95.8 Å². The molecule has 0 aromatic heterocycles. The average molecular weight is 215 g/mol. The number of unbranched alkanes of at least 4 members (excludes halogenated alkanes) is 6. The molecule has 0 heterocycles. The molecule has 0 aromatic carbocycles. The maximum absolute atomic E-state index is 5.56. The Morgan fingerprint density at radius 1 is 0.800 bits per heavy atom. The van der Waals surface area contributed by atoms with Gasteiger partial charge in [0.05, 0.1) is 0 Å². The van der Waals surface area contributed by atoms with Crippen LogP contribution in [-0.4, -0.2) is 26.8 Å². The molecule has 0 aliphatic carbocycles. The molecule has 0 amide bonds. The first-order chi connectivity index (χ1) is 7.41.